The maximum absolute atomic E-state index is 11.7. The molecule has 1 heterocycles. The molecule has 0 spiro atoms. The minimum Gasteiger partial charge on any atom is -0.466 e. The first-order valence-electron chi connectivity index (χ1n) is 5.62. The number of amides is 1. The molecule has 0 aromatic carbocycles. The van der Waals surface area contributed by atoms with E-state index in [1.165, 1.54) is 11.8 Å². The zero-order valence-corrected chi connectivity index (χ0v) is 10.7. The lowest BCUT2D eigenvalue weighted by atomic mass is 9.98. The van der Waals surface area contributed by atoms with E-state index in [4.69, 9.17) is 4.74 Å². The van der Waals surface area contributed by atoms with Crippen molar-refractivity contribution in [3.8, 4) is 0 Å². The van der Waals surface area contributed by atoms with Gasteiger partial charge in [-0.2, -0.15) is 11.8 Å². The minimum absolute atomic E-state index is 0.125. The Kier molecular flexibility index (Phi) is 5.66. The van der Waals surface area contributed by atoms with Crippen LogP contribution in [0.2, 0.25) is 0 Å². The van der Waals surface area contributed by atoms with Gasteiger partial charge in [-0.3, -0.25) is 9.59 Å². The Bertz CT molecular complexity index is 234. The van der Waals surface area contributed by atoms with Crippen molar-refractivity contribution >= 4 is 23.6 Å². The lowest BCUT2D eigenvalue weighted by Gasteiger charge is -2.31. The maximum Gasteiger partial charge on any atom is 0.310 e. The third-order valence-electron chi connectivity index (χ3n) is 2.66. The summed E-state index contributed by atoms with van der Waals surface area (Å²) in [7, 11) is 0. The predicted molar refractivity (Wildman–Crippen MR) is 64.3 cm³/mol. The summed E-state index contributed by atoms with van der Waals surface area (Å²) in [6.07, 6.45) is 3.64. The van der Waals surface area contributed by atoms with E-state index in [2.05, 4.69) is 0 Å². The molecule has 1 rings (SSSR count). The summed E-state index contributed by atoms with van der Waals surface area (Å²) in [6.45, 7) is 3.51. The normalized spacial score (nSPS) is 20.6. The van der Waals surface area contributed by atoms with E-state index < -0.39 is 0 Å². The fourth-order valence-electron chi connectivity index (χ4n) is 1.87. The van der Waals surface area contributed by atoms with Crippen molar-refractivity contribution in [2.45, 2.75) is 19.8 Å². The SMILES string of the molecule is CCOC(=O)C1CCCN(C(=O)CSC)C1. The molecular formula is C11H19NO3S. The summed E-state index contributed by atoms with van der Waals surface area (Å²) in [4.78, 5) is 25.0. The molecule has 0 saturated carbocycles. The predicted octanol–water partition coefficient (Wildman–Crippen LogP) is 1.15. The topological polar surface area (TPSA) is 46.6 Å². The molecule has 0 aliphatic carbocycles. The molecule has 1 aliphatic heterocycles. The number of hydrogen-bond donors (Lipinski definition) is 0. The second-order valence-corrected chi connectivity index (χ2v) is 4.73. The van der Waals surface area contributed by atoms with Crippen LogP contribution in [0.15, 0.2) is 0 Å². The van der Waals surface area contributed by atoms with Gasteiger partial charge in [-0.15, -0.1) is 0 Å². The van der Waals surface area contributed by atoms with Gasteiger partial charge in [0, 0.05) is 13.1 Å². The number of esters is 1. The molecule has 1 saturated heterocycles. The van der Waals surface area contributed by atoms with E-state index in [9.17, 15) is 9.59 Å². The van der Waals surface area contributed by atoms with E-state index in [0.717, 1.165) is 19.4 Å². The maximum atomic E-state index is 11.7. The largest absolute Gasteiger partial charge is 0.466 e. The molecule has 0 aromatic heterocycles. The number of nitrogens with zero attached hydrogens (tertiary/aromatic N) is 1. The van der Waals surface area contributed by atoms with Gasteiger partial charge in [0.1, 0.15) is 0 Å². The molecule has 5 heteroatoms. The van der Waals surface area contributed by atoms with Crippen molar-refractivity contribution in [1.29, 1.82) is 0 Å². The zero-order chi connectivity index (χ0) is 12.0. The first kappa shape index (κ1) is 13.4. The smallest absolute Gasteiger partial charge is 0.310 e. The molecule has 1 fully saturated rings. The van der Waals surface area contributed by atoms with Crippen LogP contribution < -0.4 is 0 Å². The van der Waals surface area contributed by atoms with Crippen molar-refractivity contribution < 1.29 is 14.3 Å². The molecule has 1 unspecified atom stereocenters. The van der Waals surface area contributed by atoms with Crippen molar-refractivity contribution in [1.82, 2.24) is 4.90 Å². The van der Waals surface area contributed by atoms with Crippen LogP contribution >= 0.6 is 11.8 Å². The molecule has 1 atom stereocenters. The number of likely N-dealkylation sites (tertiary alicyclic amines) is 1. The van der Waals surface area contributed by atoms with E-state index >= 15 is 0 Å². The first-order valence-corrected chi connectivity index (χ1v) is 7.01. The third-order valence-corrected chi connectivity index (χ3v) is 3.20. The fraction of sp³-hybridized carbons (Fsp3) is 0.818. The Hall–Kier alpha value is -0.710. The molecule has 16 heavy (non-hydrogen) atoms. The second-order valence-electron chi connectivity index (χ2n) is 3.86. The lowest BCUT2D eigenvalue weighted by Crippen LogP contribution is -2.43. The standard InChI is InChI=1S/C11H19NO3S/c1-3-15-11(14)9-5-4-6-12(7-9)10(13)8-16-2/h9H,3-8H2,1-2H3. The monoisotopic (exact) mass is 245 g/mol. The average Bonchev–Trinajstić information content (AvgIpc) is 2.30. The van der Waals surface area contributed by atoms with Crippen molar-refractivity contribution in [2.24, 2.45) is 5.92 Å². The van der Waals surface area contributed by atoms with Gasteiger partial charge in [-0.05, 0) is 26.0 Å². The summed E-state index contributed by atoms with van der Waals surface area (Å²) in [5.41, 5.74) is 0. The van der Waals surface area contributed by atoms with Crippen LogP contribution in [0.5, 0.6) is 0 Å². The molecule has 4 nitrogen and oxygen atoms in total. The number of rotatable bonds is 4. The Labute approximate surface area is 101 Å². The Balaban J connectivity index is 2.46. The second kappa shape index (κ2) is 6.78. The van der Waals surface area contributed by atoms with Crippen molar-refractivity contribution in [3.05, 3.63) is 0 Å². The molecule has 0 bridgehead atoms. The van der Waals surface area contributed by atoms with Gasteiger partial charge in [0.15, 0.2) is 0 Å². The number of carbonyl (C=O) groups excluding carboxylic acids is 2. The van der Waals surface area contributed by atoms with Crippen LogP contribution in [0.25, 0.3) is 0 Å². The molecule has 1 amide bonds. The van der Waals surface area contributed by atoms with Crippen molar-refractivity contribution in [3.63, 3.8) is 0 Å². The molecule has 0 N–H and O–H groups in total. The Morgan fingerprint density at radius 1 is 1.50 bits per heavy atom. The summed E-state index contributed by atoms with van der Waals surface area (Å²) < 4.78 is 4.99. The molecule has 0 aromatic rings. The Morgan fingerprint density at radius 2 is 2.25 bits per heavy atom. The van der Waals surface area contributed by atoms with E-state index in [-0.39, 0.29) is 17.8 Å². The first-order chi connectivity index (χ1) is 7.69. The highest BCUT2D eigenvalue weighted by Crippen LogP contribution is 2.18. The lowest BCUT2D eigenvalue weighted by molar-refractivity contribution is -0.151. The molecule has 0 radical (unpaired) electrons. The fourth-order valence-corrected chi connectivity index (χ4v) is 2.30. The van der Waals surface area contributed by atoms with Gasteiger partial charge < -0.3 is 9.64 Å². The molecule has 92 valence electrons. The highest BCUT2D eigenvalue weighted by molar-refractivity contribution is 7.99. The van der Waals surface area contributed by atoms with Crippen LogP contribution in [0.1, 0.15) is 19.8 Å². The number of thioether (sulfide) groups is 1. The highest BCUT2D eigenvalue weighted by atomic mass is 32.2. The van der Waals surface area contributed by atoms with Crippen LogP contribution in [0.4, 0.5) is 0 Å². The third kappa shape index (κ3) is 3.70. The number of hydrogen-bond acceptors (Lipinski definition) is 4. The number of carbonyl (C=O) groups is 2. The van der Waals surface area contributed by atoms with E-state index in [1.807, 2.05) is 6.26 Å². The van der Waals surface area contributed by atoms with Crippen LogP contribution in [-0.2, 0) is 14.3 Å². The van der Waals surface area contributed by atoms with Gasteiger partial charge in [0.25, 0.3) is 0 Å². The molecular weight excluding hydrogens is 226 g/mol. The number of ether oxygens (including phenoxy) is 1. The summed E-state index contributed by atoms with van der Waals surface area (Å²) >= 11 is 1.52. The Morgan fingerprint density at radius 3 is 2.88 bits per heavy atom. The summed E-state index contributed by atoms with van der Waals surface area (Å²) in [5, 5.41) is 0. The highest BCUT2D eigenvalue weighted by Gasteiger charge is 2.28. The van der Waals surface area contributed by atoms with Crippen LogP contribution in [0, 0.1) is 5.92 Å². The van der Waals surface area contributed by atoms with E-state index in [1.54, 1.807) is 11.8 Å². The van der Waals surface area contributed by atoms with Gasteiger partial charge in [0.2, 0.25) is 5.91 Å². The summed E-state index contributed by atoms with van der Waals surface area (Å²) in [5.74, 6) is 0.334. The van der Waals surface area contributed by atoms with Gasteiger partial charge in [-0.1, -0.05) is 0 Å². The molecule has 1 aliphatic rings. The quantitative estimate of drug-likeness (QED) is 0.697. The summed E-state index contributed by atoms with van der Waals surface area (Å²) in [6, 6.07) is 0. The minimum atomic E-state index is -0.163. The average molecular weight is 245 g/mol. The van der Waals surface area contributed by atoms with Gasteiger partial charge in [-0.25, -0.2) is 0 Å². The van der Waals surface area contributed by atoms with Crippen LogP contribution in [0.3, 0.4) is 0 Å². The van der Waals surface area contributed by atoms with Crippen molar-refractivity contribution in [2.75, 3.05) is 31.7 Å². The van der Waals surface area contributed by atoms with Gasteiger partial charge in [0.05, 0.1) is 18.3 Å². The van der Waals surface area contributed by atoms with E-state index in [0.29, 0.717) is 18.9 Å². The number of piperidine rings is 1. The zero-order valence-electron chi connectivity index (χ0n) is 9.90. The van der Waals surface area contributed by atoms with Gasteiger partial charge >= 0.3 is 5.97 Å². The van der Waals surface area contributed by atoms with Crippen LogP contribution in [-0.4, -0.2) is 48.5 Å².